The highest BCUT2D eigenvalue weighted by Crippen LogP contribution is 2.22. The van der Waals surface area contributed by atoms with Gasteiger partial charge in [-0.1, -0.05) is 6.07 Å². The quantitative estimate of drug-likeness (QED) is 0.734. The Morgan fingerprint density at radius 2 is 1.77 bits per heavy atom. The molecule has 0 aliphatic rings. The lowest BCUT2D eigenvalue weighted by Gasteiger charge is -2.15. The van der Waals surface area contributed by atoms with Crippen molar-refractivity contribution in [3.8, 4) is 0 Å². The summed E-state index contributed by atoms with van der Waals surface area (Å²) in [5.74, 6) is -1.55. The van der Waals surface area contributed by atoms with E-state index in [0.29, 0.717) is 0 Å². The lowest BCUT2D eigenvalue weighted by Crippen LogP contribution is -2.26. The van der Waals surface area contributed by atoms with Gasteiger partial charge < -0.3 is 10.8 Å². The van der Waals surface area contributed by atoms with Crippen LogP contribution in [0.3, 0.4) is 0 Å². The van der Waals surface area contributed by atoms with Gasteiger partial charge in [0.25, 0.3) is 0 Å². The SMILES string of the molecule is CC(N)C(O)c1c(F)cccc1F. The molecule has 0 heterocycles. The summed E-state index contributed by atoms with van der Waals surface area (Å²) in [4.78, 5) is 0. The lowest BCUT2D eigenvalue weighted by molar-refractivity contribution is 0.144. The Bertz CT molecular complexity index is 281. The third-order valence-corrected chi connectivity index (χ3v) is 1.79. The molecule has 2 nitrogen and oxygen atoms in total. The summed E-state index contributed by atoms with van der Waals surface area (Å²) >= 11 is 0. The van der Waals surface area contributed by atoms with Crippen molar-refractivity contribution in [2.75, 3.05) is 0 Å². The predicted octanol–water partition coefficient (Wildman–Crippen LogP) is 1.35. The van der Waals surface area contributed by atoms with Gasteiger partial charge in [-0.05, 0) is 19.1 Å². The van der Waals surface area contributed by atoms with Gasteiger partial charge in [0.2, 0.25) is 0 Å². The van der Waals surface area contributed by atoms with Crippen LogP contribution in [0.5, 0.6) is 0 Å². The topological polar surface area (TPSA) is 46.2 Å². The predicted molar refractivity (Wildman–Crippen MR) is 45.0 cm³/mol. The van der Waals surface area contributed by atoms with Crippen molar-refractivity contribution >= 4 is 0 Å². The third-order valence-electron chi connectivity index (χ3n) is 1.79. The van der Waals surface area contributed by atoms with E-state index in [1.807, 2.05) is 0 Å². The van der Waals surface area contributed by atoms with Crippen LogP contribution < -0.4 is 5.73 Å². The van der Waals surface area contributed by atoms with Crippen LogP contribution in [-0.2, 0) is 0 Å². The van der Waals surface area contributed by atoms with Gasteiger partial charge in [0.05, 0.1) is 11.7 Å². The Morgan fingerprint density at radius 1 is 1.31 bits per heavy atom. The first-order valence-corrected chi connectivity index (χ1v) is 3.91. The van der Waals surface area contributed by atoms with Gasteiger partial charge in [-0.2, -0.15) is 0 Å². The van der Waals surface area contributed by atoms with Crippen LogP contribution in [0.4, 0.5) is 8.78 Å². The summed E-state index contributed by atoms with van der Waals surface area (Å²) in [5, 5.41) is 9.35. The summed E-state index contributed by atoms with van der Waals surface area (Å²) in [6, 6.07) is 2.71. The van der Waals surface area contributed by atoms with E-state index in [0.717, 1.165) is 12.1 Å². The van der Waals surface area contributed by atoms with Crippen molar-refractivity contribution in [3.05, 3.63) is 35.4 Å². The zero-order chi connectivity index (χ0) is 10.0. The molecular formula is C9H11F2NO. The summed E-state index contributed by atoms with van der Waals surface area (Å²) in [5.41, 5.74) is 4.96. The Morgan fingerprint density at radius 3 is 2.15 bits per heavy atom. The molecule has 3 N–H and O–H groups in total. The number of nitrogens with two attached hydrogens (primary N) is 1. The molecule has 0 radical (unpaired) electrons. The van der Waals surface area contributed by atoms with E-state index in [2.05, 4.69) is 0 Å². The molecule has 0 aliphatic carbocycles. The van der Waals surface area contributed by atoms with Crippen molar-refractivity contribution in [2.45, 2.75) is 19.1 Å². The summed E-state index contributed by atoms with van der Waals surface area (Å²) in [7, 11) is 0. The highest BCUT2D eigenvalue weighted by molar-refractivity contribution is 5.22. The van der Waals surface area contributed by atoms with Crippen LogP contribution in [0, 0.1) is 11.6 Å². The average molecular weight is 187 g/mol. The lowest BCUT2D eigenvalue weighted by atomic mass is 10.0. The van der Waals surface area contributed by atoms with Gasteiger partial charge in [-0.25, -0.2) is 8.78 Å². The molecule has 0 fully saturated rings. The molecule has 2 atom stereocenters. The molecule has 0 bridgehead atoms. The highest BCUT2D eigenvalue weighted by Gasteiger charge is 2.20. The van der Waals surface area contributed by atoms with Crippen LogP contribution in [0.15, 0.2) is 18.2 Å². The van der Waals surface area contributed by atoms with Gasteiger partial charge in [-0.15, -0.1) is 0 Å². The largest absolute Gasteiger partial charge is 0.387 e. The third kappa shape index (κ3) is 2.02. The Balaban J connectivity index is 3.12. The monoisotopic (exact) mass is 187 g/mol. The molecule has 13 heavy (non-hydrogen) atoms. The number of aliphatic hydroxyl groups is 1. The van der Waals surface area contributed by atoms with E-state index < -0.39 is 23.8 Å². The van der Waals surface area contributed by atoms with Crippen molar-refractivity contribution in [2.24, 2.45) is 5.73 Å². The van der Waals surface area contributed by atoms with Crippen LogP contribution in [-0.4, -0.2) is 11.1 Å². The van der Waals surface area contributed by atoms with E-state index in [4.69, 9.17) is 5.73 Å². The standard InChI is InChI=1S/C9H11F2NO/c1-5(12)9(13)8-6(10)3-2-4-7(8)11/h2-5,9,13H,12H2,1H3. The maximum Gasteiger partial charge on any atom is 0.132 e. The summed E-state index contributed by atoms with van der Waals surface area (Å²) in [6.07, 6.45) is -1.30. The molecule has 1 aromatic carbocycles. The van der Waals surface area contributed by atoms with Gasteiger partial charge in [0, 0.05) is 6.04 Å². The fourth-order valence-corrected chi connectivity index (χ4v) is 1.06. The number of benzene rings is 1. The minimum atomic E-state index is -1.30. The Kier molecular flexibility index (Phi) is 2.95. The summed E-state index contributed by atoms with van der Waals surface area (Å²) < 4.78 is 26.0. The van der Waals surface area contributed by atoms with Crippen molar-refractivity contribution in [3.63, 3.8) is 0 Å². The Labute approximate surface area is 75.0 Å². The number of rotatable bonds is 2. The second kappa shape index (κ2) is 3.81. The minimum absolute atomic E-state index is 0.363. The van der Waals surface area contributed by atoms with E-state index >= 15 is 0 Å². The van der Waals surface area contributed by atoms with Gasteiger partial charge >= 0.3 is 0 Å². The molecule has 1 rings (SSSR count). The first-order valence-electron chi connectivity index (χ1n) is 3.91. The number of hydrogen-bond donors (Lipinski definition) is 2. The Hall–Kier alpha value is -1.00. The van der Waals surface area contributed by atoms with Crippen molar-refractivity contribution in [1.82, 2.24) is 0 Å². The maximum atomic E-state index is 13.0. The van der Waals surface area contributed by atoms with Crippen LogP contribution in [0.1, 0.15) is 18.6 Å². The van der Waals surface area contributed by atoms with Crippen molar-refractivity contribution < 1.29 is 13.9 Å². The van der Waals surface area contributed by atoms with Gasteiger partial charge in [0.1, 0.15) is 11.6 Å². The smallest absolute Gasteiger partial charge is 0.132 e. The molecule has 0 amide bonds. The first-order chi connectivity index (χ1) is 6.04. The molecule has 4 heteroatoms. The average Bonchev–Trinajstić information content (AvgIpc) is 2.03. The molecule has 0 saturated carbocycles. The molecule has 0 spiro atoms. The zero-order valence-corrected chi connectivity index (χ0v) is 7.17. The van der Waals surface area contributed by atoms with Crippen LogP contribution >= 0.6 is 0 Å². The molecule has 1 aromatic rings. The molecule has 0 aromatic heterocycles. The number of hydrogen-bond acceptors (Lipinski definition) is 2. The molecular weight excluding hydrogens is 176 g/mol. The van der Waals surface area contributed by atoms with Gasteiger partial charge in [0.15, 0.2) is 0 Å². The van der Waals surface area contributed by atoms with E-state index in [-0.39, 0.29) is 5.56 Å². The maximum absolute atomic E-state index is 13.0. The molecule has 2 unspecified atom stereocenters. The second-order valence-corrected chi connectivity index (χ2v) is 2.94. The van der Waals surface area contributed by atoms with E-state index in [9.17, 15) is 13.9 Å². The number of halogens is 2. The zero-order valence-electron chi connectivity index (χ0n) is 7.17. The van der Waals surface area contributed by atoms with E-state index in [1.54, 1.807) is 0 Å². The van der Waals surface area contributed by atoms with E-state index in [1.165, 1.54) is 13.0 Å². The van der Waals surface area contributed by atoms with Crippen LogP contribution in [0.25, 0.3) is 0 Å². The number of aliphatic hydroxyl groups excluding tert-OH is 1. The normalized spacial score (nSPS) is 15.5. The minimum Gasteiger partial charge on any atom is -0.387 e. The molecule has 0 saturated heterocycles. The first kappa shape index (κ1) is 10.1. The second-order valence-electron chi connectivity index (χ2n) is 2.94. The van der Waals surface area contributed by atoms with Crippen molar-refractivity contribution in [1.29, 1.82) is 0 Å². The fraction of sp³-hybridized carbons (Fsp3) is 0.333. The summed E-state index contributed by atoms with van der Waals surface area (Å²) in [6.45, 7) is 1.48. The fourth-order valence-electron chi connectivity index (χ4n) is 1.06. The van der Waals surface area contributed by atoms with Gasteiger partial charge in [-0.3, -0.25) is 0 Å². The van der Waals surface area contributed by atoms with Crippen LogP contribution in [0.2, 0.25) is 0 Å². The molecule has 0 aliphatic heterocycles. The highest BCUT2D eigenvalue weighted by atomic mass is 19.1. The molecule has 72 valence electrons.